The van der Waals surface area contributed by atoms with Gasteiger partial charge in [0, 0.05) is 32.2 Å². The van der Waals surface area contributed by atoms with Crippen molar-refractivity contribution in [2.75, 3.05) is 39.9 Å². The first kappa shape index (κ1) is 20.5. The molecule has 3 atom stereocenters. The summed E-state index contributed by atoms with van der Waals surface area (Å²) < 4.78 is 11.5. The van der Waals surface area contributed by atoms with E-state index in [1.54, 1.807) is 7.05 Å². The highest BCUT2D eigenvalue weighted by Crippen LogP contribution is 2.14. The third-order valence-electron chi connectivity index (χ3n) is 4.66. The van der Waals surface area contributed by atoms with Crippen molar-refractivity contribution < 1.29 is 9.47 Å². The largest absolute Gasteiger partial charge is 0.489 e. The highest BCUT2D eigenvalue weighted by molar-refractivity contribution is 5.79. The zero-order valence-corrected chi connectivity index (χ0v) is 16.8. The molecule has 1 aromatic carbocycles. The molecule has 0 bridgehead atoms. The average molecular weight is 363 g/mol. The molecule has 1 fully saturated rings. The minimum absolute atomic E-state index is 0.0482. The van der Waals surface area contributed by atoms with Gasteiger partial charge in [-0.05, 0) is 45.4 Å². The van der Waals surface area contributed by atoms with Gasteiger partial charge in [-0.25, -0.2) is 0 Å². The first-order valence-electron chi connectivity index (χ1n) is 9.51. The van der Waals surface area contributed by atoms with E-state index in [9.17, 15) is 0 Å². The van der Waals surface area contributed by atoms with E-state index in [2.05, 4.69) is 60.4 Å². The number of nitrogens with one attached hydrogen (secondary N) is 2. The van der Waals surface area contributed by atoms with Crippen LogP contribution in [0.1, 0.15) is 26.3 Å². The van der Waals surface area contributed by atoms with Crippen LogP contribution in [0.4, 0.5) is 0 Å². The van der Waals surface area contributed by atoms with E-state index in [0.717, 1.165) is 38.0 Å². The van der Waals surface area contributed by atoms with Crippen molar-refractivity contribution in [3.05, 3.63) is 29.8 Å². The molecule has 3 unspecified atom stereocenters. The van der Waals surface area contributed by atoms with E-state index in [4.69, 9.17) is 9.47 Å². The summed E-state index contributed by atoms with van der Waals surface area (Å²) in [4.78, 5) is 6.79. The predicted octanol–water partition coefficient (Wildman–Crippen LogP) is 2.04. The SMILES string of the molecule is CN=C(NCC(C)Oc1cccc(C)c1)NCC(C)N1CCOCC1C. The van der Waals surface area contributed by atoms with Crippen molar-refractivity contribution in [3.63, 3.8) is 0 Å². The second-order valence-corrected chi connectivity index (χ2v) is 7.09. The maximum absolute atomic E-state index is 5.96. The molecular formula is C20H34N4O2. The van der Waals surface area contributed by atoms with Gasteiger partial charge < -0.3 is 20.1 Å². The highest BCUT2D eigenvalue weighted by Gasteiger charge is 2.23. The summed E-state index contributed by atoms with van der Waals surface area (Å²) in [7, 11) is 1.80. The normalized spacial score (nSPS) is 21.1. The molecule has 146 valence electrons. The van der Waals surface area contributed by atoms with E-state index in [-0.39, 0.29) is 6.10 Å². The van der Waals surface area contributed by atoms with Gasteiger partial charge in [-0.3, -0.25) is 9.89 Å². The van der Waals surface area contributed by atoms with Gasteiger partial charge in [0.25, 0.3) is 0 Å². The van der Waals surface area contributed by atoms with Crippen LogP contribution in [-0.4, -0.2) is 68.9 Å². The van der Waals surface area contributed by atoms with Crippen LogP contribution in [0.25, 0.3) is 0 Å². The van der Waals surface area contributed by atoms with Gasteiger partial charge in [0.15, 0.2) is 5.96 Å². The zero-order chi connectivity index (χ0) is 18.9. The molecule has 0 aromatic heterocycles. The van der Waals surface area contributed by atoms with Crippen LogP contribution < -0.4 is 15.4 Å². The number of guanidine groups is 1. The summed E-state index contributed by atoms with van der Waals surface area (Å²) >= 11 is 0. The fourth-order valence-electron chi connectivity index (χ4n) is 3.18. The molecule has 0 spiro atoms. The Morgan fingerprint density at radius 2 is 2.12 bits per heavy atom. The van der Waals surface area contributed by atoms with Crippen LogP contribution in [0.2, 0.25) is 0 Å². The second-order valence-electron chi connectivity index (χ2n) is 7.09. The summed E-state index contributed by atoms with van der Waals surface area (Å²) in [6.07, 6.45) is 0.0482. The van der Waals surface area contributed by atoms with Crippen molar-refractivity contribution in [2.24, 2.45) is 4.99 Å². The monoisotopic (exact) mass is 362 g/mol. The van der Waals surface area contributed by atoms with Crippen LogP contribution in [0, 0.1) is 6.92 Å². The topological polar surface area (TPSA) is 58.1 Å². The Labute approximate surface area is 158 Å². The third kappa shape index (κ3) is 6.50. The standard InChI is InChI=1S/C20H34N4O2/c1-15-7-6-8-19(11-15)26-18(4)13-23-20(21-5)22-12-16(2)24-9-10-25-14-17(24)3/h6-8,11,16-18H,9-10,12-14H2,1-5H3,(H2,21,22,23). The van der Waals surface area contributed by atoms with Crippen molar-refractivity contribution in [3.8, 4) is 5.75 Å². The van der Waals surface area contributed by atoms with Gasteiger partial charge >= 0.3 is 0 Å². The van der Waals surface area contributed by atoms with E-state index < -0.39 is 0 Å². The summed E-state index contributed by atoms with van der Waals surface area (Å²) in [5.74, 6) is 1.70. The van der Waals surface area contributed by atoms with Crippen molar-refractivity contribution >= 4 is 5.96 Å². The van der Waals surface area contributed by atoms with Crippen LogP contribution in [0.15, 0.2) is 29.3 Å². The number of hydrogen-bond acceptors (Lipinski definition) is 4. The molecule has 2 N–H and O–H groups in total. The Balaban J connectivity index is 1.73. The molecule has 6 heteroatoms. The van der Waals surface area contributed by atoms with E-state index in [0.29, 0.717) is 18.6 Å². The van der Waals surface area contributed by atoms with Crippen molar-refractivity contribution in [2.45, 2.75) is 45.9 Å². The van der Waals surface area contributed by atoms with E-state index >= 15 is 0 Å². The molecule has 1 saturated heterocycles. The quantitative estimate of drug-likeness (QED) is 0.574. The Kier molecular flexibility index (Phi) is 8.19. The van der Waals surface area contributed by atoms with Gasteiger partial charge in [-0.1, -0.05) is 12.1 Å². The predicted molar refractivity (Wildman–Crippen MR) is 107 cm³/mol. The van der Waals surface area contributed by atoms with Crippen LogP contribution in [0.3, 0.4) is 0 Å². The van der Waals surface area contributed by atoms with Gasteiger partial charge in [-0.15, -0.1) is 0 Å². The van der Waals surface area contributed by atoms with Gasteiger partial charge in [-0.2, -0.15) is 0 Å². The lowest BCUT2D eigenvalue weighted by molar-refractivity contribution is -0.0174. The van der Waals surface area contributed by atoms with Gasteiger partial charge in [0.1, 0.15) is 11.9 Å². The van der Waals surface area contributed by atoms with E-state index in [1.165, 1.54) is 5.56 Å². The first-order valence-corrected chi connectivity index (χ1v) is 9.51. The molecule has 1 aromatic rings. The highest BCUT2D eigenvalue weighted by atomic mass is 16.5. The fraction of sp³-hybridized carbons (Fsp3) is 0.650. The second kappa shape index (κ2) is 10.4. The van der Waals surface area contributed by atoms with Crippen LogP contribution in [-0.2, 0) is 4.74 Å². The van der Waals surface area contributed by atoms with Crippen LogP contribution in [0.5, 0.6) is 5.75 Å². The van der Waals surface area contributed by atoms with Crippen molar-refractivity contribution in [1.29, 1.82) is 0 Å². The first-order chi connectivity index (χ1) is 12.5. The number of morpholine rings is 1. The molecule has 26 heavy (non-hydrogen) atoms. The Bertz CT molecular complexity index is 579. The summed E-state index contributed by atoms with van der Waals surface area (Å²) in [6, 6.07) is 9.00. The lowest BCUT2D eigenvalue weighted by Crippen LogP contribution is -2.53. The molecule has 6 nitrogen and oxygen atoms in total. The lowest BCUT2D eigenvalue weighted by atomic mass is 10.2. The minimum atomic E-state index is 0.0482. The summed E-state index contributed by atoms with van der Waals surface area (Å²) in [5, 5.41) is 6.76. The Morgan fingerprint density at radius 1 is 1.35 bits per heavy atom. The number of hydrogen-bond donors (Lipinski definition) is 2. The molecule has 2 rings (SSSR count). The molecule has 1 aliphatic heterocycles. The van der Waals surface area contributed by atoms with Crippen molar-refractivity contribution in [1.82, 2.24) is 15.5 Å². The number of aryl methyl sites for hydroxylation is 1. The molecule has 0 aliphatic carbocycles. The van der Waals surface area contributed by atoms with Crippen LogP contribution >= 0.6 is 0 Å². The molecular weight excluding hydrogens is 328 g/mol. The molecule has 0 saturated carbocycles. The zero-order valence-electron chi connectivity index (χ0n) is 16.8. The Morgan fingerprint density at radius 3 is 2.81 bits per heavy atom. The number of rotatable bonds is 7. The summed E-state index contributed by atoms with van der Waals surface area (Å²) in [6.45, 7) is 12.7. The third-order valence-corrected chi connectivity index (χ3v) is 4.66. The van der Waals surface area contributed by atoms with E-state index in [1.807, 2.05) is 12.1 Å². The van der Waals surface area contributed by atoms with Gasteiger partial charge in [0.05, 0.1) is 19.8 Å². The fourth-order valence-corrected chi connectivity index (χ4v) is 3.18. The molecule has 0 radical (unpaired) electrons. The maximum atomic E-state index is 5.96. The smallest absolute Gasteiger partial charge is 0.191 e. The minimum Gasteiger partial charge on any atom is -0.489 e. The number of nitrogens with zero attached hydrogens (tertiary/aromatic N) is 2. The van der Waals surface area contributed by atoms with Gasteiger partial charge in [0.2, 0.25) is 0 Å². The lowest BCUT2D eigenvalue weighted by Gasteiger charge is -2.38. The Hall–Kier alpha value is -1.79. The maximum Gasteiger partial charge on any atom is 0.191 e. The number of benzene rings is 1. The average Bonchev–Trinajstić information content (AvgIpc) is 2.62. The molecule has 1 heterocycles. The molecule has 0 amide bonds. The molecule has 1 aliphatic rings. The number of ether oxygens (including phenoxy) is 2. The number of aliphatic imine (C=N–C) groups is 1. The summed E-state index contributed by atoms with van der Waals surface area (Å²) in [5.41, 5.74) is 1.20.